The van der Waals surface area contributed by atoms with Gasteiger partial charge >= 0.3 is 5.97 Å². The van der Waals surface area contributed by atoms with Gasteiger partial charge in [-0.05, 0) is 61.6 Å². The quantitative estimate of drug-likeness (QED) is 0.0962. The molecule has 0 fully saturated rings. The number of amides is 1. The van der Waals surface area contributed by atoms with Crippen LogP contribution >= 0.6 is 23.2 Å². The number of rotatable bonds is 28. The number of aryl methyl sites for hydroxylation is 1. The molecule has 3 N–H and O–H groups in total. The Morgan fingerprint density at radius 3 is 2.04 bits per heavy atom. The maximum absolute atomic E-state index is 12.7. The van der Waals surface area contributed by atoms with Gasteiger partial charge in [-0.3, -0.25) is 14.4 Å². The Hall–Kier alpha value is -3.00. The number of carbonyl (C=O) groups is 3. The minimum Gasteiger partial charge on any atom is -0.488 e. The van der Waals surface area contributed by atoms with Crippen LogP contribution in [0.4, 0.5) is 5.82 Å². The van der Waals surface area contributed by atoms with E-state index in [9.17, 15) is 19.5 Å². The molecule has 48 heavy (non-hydrogen) atoms. The Morgan fingerprint density at radius 1 is 0.854 bits per heavy atom. The lowest BCUT2D eigenvalue weighted by molar-refractivity contribution is -0.137. The van der Waals surface area contributed by atoms with E-state index in [2.05, 4.69) is 22.5 Å². The molecule has 1 aromatic carbocycles. The maximum atomic E-state index is 12.7. The molecule has 0 aliphatic carbocycles. The van der Waals surface area contributed by atoms with Crippen LogP contribution in [-0.2, 0) is 33.3 Å². The van der Waals surface area contributed by atoms with Crippen molar-refractivity contribution in [1.82, 2.24) is 10.3 Å². The summed E-state index contributed by atoms with van der Waals surface area (Å²) < 4.78 is 27.4. The van der Waals surface area contributed by atoms with E-state index in [1.165, 1.54) is 0 Å². The number of aliphatic carboxylic acids is 1. The molecule has 0 aliphatic heterocycles. The number of hydrogen-bond acceptors (Lipinski definition) is 10. The minimum atomic E-state index is -1.08. The SMILES string of the molecule is CCCOCCOCCOCCOCCOc1c(Cl)cc(C(CC(=O)O)CC(=O)CNC(=O)CCCCNc2cc(C)ccn2)cc1Cl. The molecule has 1 amide bonds. The minimum absolute atomic E-state index is 0.109. The first-order chi connectivity index (χ1) is 23.2. The number of aromatic nitrogens is 1. The summed E-state index contributed by atoms with van der Waals surface area (Å²) >= 11 is 12.9. The van der Waals surface area contributed by atoms with Gasteiger partial charge in [-0.25, -0.2) is 4.98 Å². The number of nitrogens with one attached hydrogen (secondary N) is 2. The van der Waals surface area contributed by atoms with E-state index in [1.54, 1.807) is 18.3 Å². The first-order valence-corrected chi connectivity index (χ1v) is 17.0. The Morgan fingerprint density at radius 2 is 1.46 bits per heavy atom. The fourth-order valence-corrected chi connectivity index (χ4v) is 5.09. The zero-order chi connectivity index (χ0) is 35.0. The van der Waals surface area contributed by atoms with Crippen LogP contribution in [0.1, 0.15) is 62.5 Å². The van der Waals surface area contributed by atoms with Gasteiger partial charge in [-0.15, -0.1) is 0 Å². The highest BCUT2D eigenvalue weighted by Crippen LogP contribution is 2.38. The standard InChI is InChI=1S/C34H49Cl2N3O9/c1-3-10-44-11-12-45-13-14-46-15-16-47-17-18-48-34-29(35)21-27(22-30(34)36)26(23-33(42)43)20-28(40)24-39-32(41)6-4-5-8-37-31-19-25(2)7-9-38-31/h7,9,19,21-22,26H,3-6,8,10-18,20,23-24H2,1-2H3,(H,37,38)(H,39,41)(H,42,43). The summed E-state index contributed by atoms with van der Waals surface area (Å²) in [6.45, 7) is 8.53. The number of hydrogen-bond donors (Lipinski definition) is 3. The van der Waals surface area contributed by atoms with Crippen molar-refractivity contribution in [2.75, 3.05) is 77.9 Å². The number of anilines is 1. The van der Waals surface area contributed by atoms with Gasteiger partial charge in [-0.1, -0.05) is 30.1 Å². The van der Waals surface area contributed by atoms with Gasteiger partial charge < -0.3 is 39.4 Å². The van der Waals surface area contributed by atoms with Gasteiger partial charge in [0, 0.05) is 38.1 Å². The first kappa shape index (κ1) is 41.2. The highest BCUT2D eigenvalue weighted by molar-refractivity contribution is 6.37. The zero-order valence-corrected chi connectivity index (χ0v) is 29.4. The molecule has 0 bridgehead atoms. The van der Waals surface area contributed by atoms with Crippen molar-refractivity contribution in [3.63, 3.8) is 0 Å². The first-order valence-electron chi connectivity index (χ1n) is 16.3. The Labute approximate surface area is 293 Å². The predicted molar refractivity (Wildman–Crippen MR) is 184 cm³/mol. The van der Waals surface area contributed by atoms with Crippen molar-refractivity contribution >= 4 is 46.7 Å². The van der Waals surface area contributed by atoms with Crippen LogP contribution in [-0.4, -0.2) is 100 Å². The average molecular weight is 715 g/mol. The lowest BCUT2D eigenvalue weighted by Crippen LogP contribution is -2.30. The van der Waals surface area contributed by atoms with Gasteiger partial charge in [0.1, 0.15) is 12.4 Å². The van der Waals surface area contributed by atoms with E-state index in [0.717, 1.165) is 30.8 Å². The number of ether oxygens (including phenoxy) is 5. The summed E-state index contributed by atoms with van der Waals surface area (Å²) in [6.07, 6.45) is 3.96. The number of benzene rings is 1. The van der Waals surface area contributed by atoms with Crippen LogP contribution in [0.3, 0.4) is 0 Å². The molecule has 0 saturated heterocycles. The molecule has 1 aromatic heterocycles. The molecule has 1 heterocycles. The van der Waals surface area contributed by atoms with E-state index in [-0.39, 0.29) is 66.5 Å². The Balaban J connectivity index is 1.68. The number of pyridine rings is 1. The number of carboxylic acid groups (broad SMARTS) is 1. The summed E-state index contributed by atoms with van der Waals surface area (Å²) in [5.41, 5.74) is 1.60. The monoisotopic (exact) mass is 713 g/mol. The molecule has 1 unspecified atom stereocenters. The van der Waals surface area contributed by atoms with Crippen molar-refractivity contribution in [3.05, 3.63) is 51.6 Å². The smallest absolute Gasteiger partial charge is 0.303 e. The van der Waals surface area contributed by atoms with E-state index >= 15 is 0 Å². The molecule has 12 nitrogen and oxygen atoms in total. The highest BCUT2D eigenvalue weighted by Gasteiger charge is 2.22. The fourth-order valence-electron chi connectivity index (χ4n) is 4.47. The number of carbonyl (C=O) groups excluding carboxylic acids is 2. The van der Waals surface area contributed by atoms with Gasteiger partial charge in [-0.2, -0.15) is 0 Å². The summed E-state index contributed by atoms with van der Waals surface area (Å²) in [5, 5.41) is 15.7. The third-order valence-electron chi connectivity index (χ3n) is 6.86. The second-order valence-electron chi connectivity index (χ2n) is 11.0. The van der Waals surface area contributed by atoms with Crippen LogP contribution in [0.15, 0.2) is 30.5 Å². The van der Waals surface area contributed by atoms with Crippen LogP contribution in [0.25, 0.3) is 0 Å². The van der Waals surface area contributed by atoms with Crippen molar-refractivity contribution in [3.8, 4) is 5.75 Å². The maximum Gasteiger partial charge on any atom is 0.303 e. The molecule has 0 aliphatic rings. The number of halogens is 2. The topological polar surface area (TPSA) is 155 Å². The third-order valence-corrected chi connectivity index (χ3v) is 7.42. The lowest BCUT2D eigenvalue weighted by atomic mass is 9.90. The van der Waals surface area contributed by atoms with Gasteiger partial charge in [0.05, 0.1) is 69.3 Å². The molecule has 1 atom stereocenters. The highest BCUT2D eigenvalue weighted by atomic mass is 35.5. The van der Waals surface area contributed by atoms with E-state index < -0.39 is 11.9 Å². The molecular formula is C34H49Cl2N3O9. The predicted octanol–water partition coefficient (Wildman–Crippen LogP) is 5.47. The normalized spacial score (nSPS) is 11.7. The summed E-state index contributed by atoms with van der Waals surface area (Å²) in [5.74, 6) is -1.30. The third kappa shape index (κ3) is 18.5. The van der Waals surface area contributed by atoms with Crippen molar-refractivity contribution in [2.24, 2.45) is 0 Å². The number of carboxylic acids is 1. The van der Waals surface area contributed by atoms with E-state index in [1.807, 2.05) is 19.1 Å². The van der Waals surface area contributed by atoms with Gasteiger partial charge in [0.2, 0.25) is 5.91 Å². The van der Waals surface area contributed by atoms with Crippen LogP contribution in [0.2, 0.25) is 10.0 Å². The number of nitrogens with zero attached hydrogens (tertiary/aromatic N) is 1. The molecular weight excluding hydrogens is 665 g/mol. The molecule has 0 radical (unpaired) electrons. The molecule has 14 heteroatoms. The number of unbranched alkanes of at least 4 members (excludes halogenated alkanes) is 1. The number of Topliss-reactive ketones (excluding diaryl/α,β-unsaturated/α-hetero) is 1. The van der Waals surface area contributed by atoms with Crippen molar-refractivity contribution < 1.29 is 43.2 Å². The zero-order valence-electron chi connectivity index (χ0n) is 27.9. The second kappa shape index (κ2) is 25.0. The van der Waals surface area contributed by atoms with E-state index in [4.69, 9.17) is 46.9 Å². The summed E-state index contributed by atoms with van der Waals surface area (Å²) in [4.78, 5) is 40.8. The largest absolute Gasteiger partial charge is 0.488 e. The van der Waals surface area contributed by atoms with Crippen LogP contribution in [0.5, 0.6) is 5.75 Å². The molecule has 0 saturated carbocycles. The lowest BCUT2D eigenvalue weighted by Gasteiger charge is -2.18. The van der Waals surface area contributed by atoms with Crippen LogP contribution < -0.4 is 15.4 Å². The average Bonchev–Trinajstić information content (AvgIpc) is 3.04. The second-order valence-corrected chi connectivity index (χ2v) is 11.8. The van der Waals surface area contributed by atoms with Gasteiger partial charge in [0.15, 0.2) is 11.5 Å². The van der Waals surface area contributed by atoms with Crippen molar-refractivity contribution in [1.29, 1.82) is 0 Å². The summed E-state index contributed by atoms with van der Waals surface area (Å²) in [6, 6.07) is 6.97. The van der Waals surface area contributed by atoms with E-state index in [0.29, 0.717) is 58.2 Å². The van der Waals surface area contributed by atoms with Gasteiger partial charge in [0.25, 0.3) is 0 Å². The summed E-state index contributed by atoms with van der Waals surface area (Å²) in [7, 11) is 0. The van der Waals surface area contributed by atoms with Crippen molar-refractivity contribution in [2.45, 2.75) is 58.3 Å². The molecule has 2 aromatic rings. The molecule has 0 spiro atoms. The fraction of sp³-hybridized carbons (Fsp3) is 0.588. The Bertz CT molecular complexity index is 1230. The molecule has 268 valence electrons. The number of ketones is 1. The Kier molecular flexibility index (Phi) is 21.5. The van der Waals surface area contributed by atoms with Crippen LogP contribution in [0, 0.1) is 6.92 Å². The molecule has 2 rings (SSSR count).